The van der Waals surface area contributed by atoms with Crippen molar-refractivity contribution in [3.63, 3.8) is 0 Å². The van der Waals surface area contributed by atoms with Gasteiger partial charge in [-0.1, -0.05) is 51.0 Å². The number of unbranched alkanes of at least 4 members (excludes halogenated alkanes) is 2. The van der Waals surface area contributed by atoms with E-state index >= 15 is 0 Å². The lowest BCUT2D eigenvalue weighted by Gasteiger charge is -2.36. The third-order valence-electron chi connectivity index (χ3n) is 7.27. The molecule has 0 saturated carbocycles. The van der Waals surface area contributed by atoms with Crippen molar-refractivity contribution < 1.29 is 14.3 Å². The number of nitrogens with zero attached hydrogens (tertiary/aromatic N) is 4. The Balaban J connectivity index is 1.55. The van der Waals surface area contributed by atoms with Crippen molar-refractivity contribution in [2.45, 2.75) is 58.5 Å². The summed E-state index contributed by atoms with van der Waals surface area (Å²) in [5.74, 6) is 0.224. The van der Waals surface area contributed by atoms with Gasteiger partial charge >= 0.3 is 0 Å². The number of nitrogens with two attached hydrogens (primary N) is 1. The van der Waals surface area contributed by atoms with Gasteiger partial charge in [-0.15, -0.1) is 0 Å². The van der Waals surface area contributed by atoms with Crippen molar-refractivity contribution in [1.29, 1.82) is 0 Å². The molecule has 2 aromatic carbocycles. The minimum Gasteiger partial charge on any atom is -0.475 e. The van der Waals surface area contributed by atoms with E-state index in [1.165, 1.54) is 5.56 Å². The van der Waals surface area contributed by atoms with Gasteiger partial charge in [0.15, 0.2) is 5.69 Å². The number of nitrogen functional groups attached to an aromatic ring is 1. The van der Waals surface area contributed by atoms with Gasteiger partial charge in [-0.25, -0.2) is 0 Å². The van der Waals surface area contributed by atoms with E-state index in [-0.39, 0.29) is 17.9 Å². The number of anilines is 1. The van der Waals surface area contributed by atoms with E-state index in [4.69, 9.17) is 10.5 Å². The first-order chi connectivity index (χ1) is 18.0. The normalized spacial score (nSPS) is 16.3. The maximum atomic E-state index is 13.9. The van der Waals surface area contributed by atoms with Crippen LogP contribution in [-0.4, -0.2) is 57.1 Å². The number of rotatable bonds is 7. The molecule has 0 fully saturated rings. The predicted molar refractivity (Wildman–Crippen MR) is 143 cm³/mol. The van der Waals surface area contributed by atoms with Crippen LogP contribution in [0.1, 0.15) is 71.5 Å². The number of benzene rings is 2. The molecule has 8 nitrogen and oxygen atoms in total. The lowest BCUT2D eigenvalue weighted by Crippen LogP contribution is -2.47. The van der Waals surface area contributed by atoms with Crippen LogP contribution in [0.3, 0.4) is 0 Å². The van der Waals surface area contributed by atoms with Gasteiger partial charge in [0.2, 0.25) is 5.88 Å². The summed E-state index contributed by atoms with van der Waals surface area (Å²) in [4.78, 5) is 31.2. The predicted octanol–water partition coefficient (Wildman–Crippen LogP) is 4.46. The summed E-state index contributed by atoms with van der Waals surface area (Å²) < 4.78 is 7.89. The number of aromatic nitrogens is 2. The third kappa shape index (κ3) is 4.92. The number of carbonyl (C=O) groups is 2. The molecule has 0 radical (unpaired) electrons. The number of carbonyl (C=O) groups excluding carboxylic acids is 2. The molecule has 194 valence electrons. The van der Waals surface area contributed by atoms with Crippen LogP contribution in [0.5, 0.6) is 5.88 Å². The Morgan fingerprint density at radius 3 is 2.54 bits per heavy atom. The van der Waals surface area contributed by atoms with Gasteiger partial charge in [-0.2, -0.15) is 9.78 Å². The van der Waals surface area contributed by atoms with Gasteiger partial charge in [-0.3, -0.25) is 9.59 Å². The fraction of sp³-hybridized carbons (Fsp3) is 0.414. The van der Waals surface area contributed by atoms with Gasteiger partial charge in [0.1, 0.15) is 6.61 Å². The van der Waals surface area contributed by atoms with Gasteiger partial charge < -0.3 is 20.3 Å². The van der Waals surface area contributed by atoms with Crippen LogP contribution in [0, 0.1) is 0 Å². The van der Waals surface area contributed by atoms with E-state index < -0.39 is 0 Å². The van der Waals surface area contributed by atoms with Crippen LogP contribution in [-0.2, 0) is 13.0 Å². The molecule has 1 atom stereocenters. The van der Waals surface area contributed by atoms with Crippen LogP contribution < -0.4 is 10.5 Å². The molecule has 37 heavy (non-hydrogen) atoms. The minimum atomic E-state index is -0.150. The summed E-state index contributed by atoms with van der Waals surface area (Å²) in [7, 11) is 0. The topological polar surface area (TPSA) is 93.7 Å². The molecule has 2 amide bonds. The summed E-state index contributed by atoms with van der Waals surface area (Å²) >= 11 is 0. The van der Waals surface area contributed by atoms with Crippen LogP contribution in [0.15, 0.2) is 48.5 Å². The van der Waals surface area contributed by atoms with Crippen molar-refractivity contribution in [1.82, 2.24) is 19.6 Å². The summed E-state index contributed by atoms with van der Waals surface area (Å²) in [5, 5.41) is 4.68. The average Bonchev–Trinajstić information content (AvgIpc) is 3.35. The van der Waals surface area contributed by atoms with Crippen molar-refractivity contribution in [3.05, 3.63) is 70.9 Å². The molecule has 2 N–H and O–H groups in total. The fourth-order valence-corrected chi connectivity index (χ4v) is 5.14. The number of amides is 2. The second-order valence-electron chi connectivity index (χ2n) is 9.93. The molecule has 0 saturated heterocycles. The van der Waals surface area contributed by atoms with Gasteiger partial charge in [0, 0.05) is 31.4 Å². The Hall–Kier alpha value is -3.81. The van der Waals surface area contributed by atoms with Crippen molar-refractivity contribution >= 4 is 17.5 Å². The highest BCUT2D eigenvalue weighted by atomic mass is 16.5. The second kappa shape index (κ2) is 10.7. The molecule has 1 aromatic heterocycles. The molecule has 3 aromatic rings. The lowest BCUT2D eigenvalue weighted by atomic mass is 9.93. The Morgan fingerprint density at radius 2 is 1.81 bits per heavy atom. The molecule has 5 rings (SSSR count). The molecule has 0 unspecified atom stereocenters. The monoisotopic (exact) mass is 501 g/mol. The first kappa shape index (κ1) is 24.9. The largest absolute Gasteiger partial charge is 0.475 e. The van der Waals surface area contributed by atoms with E-state index in [1.54, 1.807) is 28.9 Å². The van der Waals surface area contributed by atoms with E-state index in [9.17, 15) is 9.59 Å². The average molecular weight is 502 g/mol. The van der Waals surface area contributed by atoms with E-state index in [0.29, 0.717) is 61.2 Å². The van der Waals surface area contributed by atoms with Gasteiger partial charge in [-0.05, 0) is 48.6 Å². The van der Waals surface area contributed by atoms with Gasteiger partial charge in [0.05, 0.1) is 17.3 Å². The minimum absolute atomic E-state index is 0.112. The summed E-state index contributed by atoms with van der Waals surface area (Å²) in [6.45, 7) is 6.44. The summed E-state index contributed by atoms with van der Waals surface area (Å²) in [6.07, 6.45) is 4.60. The SMILES string of the molecule is CCCCN(CCCC)C(=O)c1cc2n(n1)-c1ccc(N)cc1C(=O)N1Cc3ccccc3C[C@H]1CO2. The maximum Gasteiger partial charge on any atom is 0.274 e. The Bertz CT molecular complexity index is 1290. The smallest absolute Gasteiger partial charge is 0.274 e. The Kier molecular flexibility index (Phi) is 7.17. The summed E-state index contributed by atoms with van der Waals surface area (Å²) in [5.41, 5.74) is 10.3. The molecule has 0 spiro atoms. The van der Waals surface area contributed by atoms with E-state index in [2.05, 4.69) is 31.1 Å². The molecular weight excluding hydrogens is 466 g/mol. The first-order valence-electron chi connectivity index (χ1n) is 13.3. The second-order valence-corrected chi connectivity index (χ2v) is 9.93. The zero-order valence-corrected chi connectivity index (χ0v) is 21.7. The number of hydrogen-bond donors (Lipinski definition) is 1. The standard InChI is InChI=1S/C29H35N5O3/c1-3-5-13-32(14-6-4-2)29(36)25-17-27-34(31-25)26-12-11-22(30)16-24(26)28(35)33-18-21-10-8-7-9-20(21)15-23(33)19-37-27/h7-12,16-17,23H,3-6,13-15,18-19,30H2,1-2H3/t23-/m0/s1. The molecule has 8 heteroatoms. The molecule has 2 aliphatic rings. The zero-order chi connectivity index (χ0) is 25.9. The molecule has 2 aliphatic heterocycles. The quantitative estimate of drug-likeness (QED) is 0.483. The highest BCUT2D eigenvalue weighted by molar-refractivity contribution is 5.99. The molecule has 3 heterocycles. The van der Waals surface area contributed by atoms with E-state index in [1.807, 2.05) is 21.9 Å². The van der Waals surface area contributed by atoms with Crippen molar-refractivity contribution in [2.24, 2.45) is 0 Å². The Morgan fingerprint density at radius 1 is 1.08 bits per heavy atom. The van der Waals surface area contributed by atoms with Gasteiger partial charge in [0.25, 0.3) is 11.8 Å². The van der Waals surface area contributed by atoms with Crippen LogP contribution in [0.2, 0.25) is 0 Å². The third-order valence-corrected chi connectivity index (χ3v) is 7.27. The van der Waals surface area contributed by atoms with E-state index in [0.717, 1.165) is 31.2 Å². The zero-order valence-electron chi connectivity index (χ0n) is 21.7. The summed E-state index contributed by atoms with van der Waals surface area (Å²) in [6, 6.07) is 15.0. The van der Waals surface area contributed by atoms with Crippen LogP contribution >= 0.6 is 0 Å². The molecular formula is C29H35N5O3. The van der Waals surface area contributed by atoms with Crippen molar-refractivity contribution in [3.8, 4) is 11.6 Å². The Labute approximate surface area is 218 Å². The van der Waals surface area contributed by atoms with Crippen molar-refractivity contribution in [2.75, 3.05) is 25.4 Å². The fourth-order valence-electron chi connectivity index (χ4n) is 5.14. The first-order valence-corrected chi connectivity index (χ1v) is 13.3. The number of hydrogen-bond acceptors (Lipinski definition) is 5. The highest BCUT2D eigenvalue weighted by Crippen LogP contribution is 2.32. The van der Waals surface area contributed by atoms with Crippen LogP contribution in [0.4, 0.5) is 5.69 Å². The number of ether oxygens (including phenoxy) is 1. The molecule has 0 aliphatic carbocycles. The maximum absolute atomic E-state index is 13.9. The lowest BCUT2D eigenvalue weighted by molar-refractivity contribution is 0.0569. The highest BCUT2D eigenvalue weighted by Gasteiger charge is 2.35. The molecule has 0 bridgehead atoms. The van der Waals surface area contributed by atoms with Crippen LogP contribution in [0.25, 0.3) is 5.69 Å². The number of fused-ring (bicyclic) bond motifs is 5.